The molecular formula is C13H8BrFN4O. The molecule has 2 heterocycles. The fraction of sp³-hybridized carbons (Fsp3) is 0. The van der Waals surface area contributed by atoms with Gasteiger partial charge in [-0.15, -0.1) is 0 Å². The minimum Gasteiger partial charge on any atom is -0.396 e. The molecule has 7 heteroatoms. The molecule has 2 N–H and O–H groups in total. The van der Waals surface area contributed by atoms with Crippen LogP contribution in [0.1, 0.15) is 0 Å². The molecular weight excluding hydrogens is 327 g/mol. The van der Waals surface area contributed by atoms with Crippen LogP contribution >= 0.6 is 15.9 Å². The van der Waals surface area contributed by atoms with Gasteiger partial charge in [-0.1, -0.05) is 5.16 Å². The van der Waals surface area contributed by atoms with E-state index < -0.39 is 5.82 Å². The molecule has 2 aromatic heterocycles. The van der Waals surface area contributed by atoms with Crippen molar-refractivity contribution in [1.29, 1.82) is 0 Å². The van der Waals surface area contributed by atoms with Crippen LogP contribution in [-0.4, -0.2) is 15.1 Å². The van der Waals surface area contributed by atoms with Gasteiger partial charge in [0.1, 0.15) is 11.5 Å². The summed E-state index contributed by atoms with van der Waals surface area (Å²) in [6.07, 6.45) is 1.63. The Morgan fingerprint density at radius 3 is 2.75 bits per heavy atom. The molecule has 0 atom stereocenters. The van der Waals surface area contributed by atoms with Gasteiger partial charge in [-0.3, -0.25) is 4.98 Å². The van der Waals surface area contributed by atoms with Gasteiger partial charge in [-0.25, -0.2) is 4.39 Å². The zero-order valence-electron chi connectivity index (χ0n) is 10.0. The van der Waals surface area contributed by atoms with Crippen LogP contribution in [0.4, 0.5) is 10.1 Å². The average Bonchev–Trinajstić information content (AvgIpc) is 2.92. The van der Waals surface area contributed by atoms with Crippen LogP contribution in [0.3, 0.4) is 0 Å². The lowest BCUT2D eigenvalue weighted by Crippen LogP contribution is -1.90. The first-order valence-electron chi connectivity index (χ1n) is 5.64. The van der Waals surface area contributed by atoms with Gasteiger partial charge in [0.15, 0.2) is 0 Å². The second kappa shape index (κ2) is 5.01. The molecule has 1 aromatic carbocycles. The standard InChI is InChI=1S/C13H8BrFN4O/c14-8-2-4-11(17-6-8)12-18-13(20-19-12)7-1-3-10(16)9(15)5-7/h1-6H,16H2. The summed E-state index contributed by atoms with van der Waals surface area (Å²) >= 11 is 3.29. The monoisotopic (exact) mass is 334 g/mol. The van der Waals surface area contributed by atoms with Crippen molar-refractivity contribution >= 4 is 21.6 Å². The van der Waals surface area contributed by atoms with E-state index in [4.69, 9.17) is 10.3 Å². The predicted octanol–water partition coefficient (Wildman–Crippen LogP) is 3.28. The maximum absolute atomic E-state index is 13.4. The molecule has 0 saturated carbocycles. The molecule has 0 aliphatic rings. The number of nitrogens with zero attached hydrogens (tertiary/aromatic N) is 3. The fourth-order valence-electron chi connectivity index (χ4n) is 1.61. The van der Waals surface area contributed by atoms with Crippen LogP contribution < -0.4 is 5.73 Å². The molecule has 0 aliphatic carbocycles. The predicted molar refractivity (Wildman–Crippen MR) is 75.0 cm³/mol. The third kappa shape index (κ3) is 2.39. The molecule has 0 spiro atoms. The lowest BCUT2D eigenvalue weighted by molar-refractivity contribution is 0.432. The summed E-state index contributed by atoms with van der Waals surface area (Å²) in [5.41, 5.74) is 6.53. The highest BCUT2D eigenvalue weighted by Gasteiger charge is 2.12. The summed E-state index contributed by atoms with van der Waals surface area (Å²) in [7, 11) is 0. The van der Waals surface area contributed by atoms with Crippen LogP contribution in [0.25, 0.3) is 23.0 Å². The smallest absolute Gasteiger partial charge is 0.258 e. The maximum Gasteiger partial charge on any atom is 0.258 e. The number of nitrogens with two attached hydrogens (primary N) is 1. The van der Waals surface area contributed by atoms with E-state index in [1.54, 1.807) is 18.3 Å². The first-order chi connectivity index (χ1) is 9.63. The van der Waals surface area contributed by atoms with E-state index in [1.165, 1.54) is 12.1 Å². The Kier molecular flexibility index (Phi) is 3.19. The Labute approximate surface area is 121 Å². The molecule has 0 fully saturated rings. The van der Waals surface area contributed by atoms with Crippen molar-refractivity contribution in [2.75, 3.05) is 5.73 Å². The Morgan fingerprint density at radius 1 is 1.20 bits per heavy atom. The van der Waals surface area contributed by atoms with Gasteiger partial charge < -0.3 is 10.3 Å². The lowest BCUT2D eigenvalue weighted by Gasteiger charge is -1.97. The number of rotatable bonds is 2. The molecule has 0 radical (unpaired) electrons. The van der Waals surface area contributed by atoms with Gasteiger partial charge in [-0.05, 0) is 46.3 Å². The zero-order valence-corrected chi connectivity index (χ0v) is 11.6. The molecule has 5 nitrogen and oxygen atoms in total. The number of nitrogen functional groups attached to an aromatic ring is 1. The SMILES string of the molecule is Nc1ccc(-c2nc(-c3ccc(Br)cn3)no2)cc1F. The van der Waals surface area contributed by atoms with Crippen LogP contribution in [-0.2, 0) is 0 Å². The molecule has 3 aromatic rings. The number of anilines is 1. The lowest BCUT2D eigenvalue weighted by atomic mass is 10.2. The molecule has 3 rings (SSSR count). The number of aromatic nitrogens is 3. The van der Waals surface area contributed by atoms with Crippen molar-refractivity contribution < 1.29 is 8.91 Å². The Morgan fingerprint density at radius 2 is 2.05 bits per heavy atom. The van der Waals surface area contributed by atoms with E-state index in [2.05, 4.69) is 31.1 Å². The highest BCUT2D eigenvalue weighted by atomic mass is 79.9. The quantitative estimate of drug-likeness (QED) is 0.727. The van der Waals surface area contributed by atoms with Gasteiger partial charge in [0.2, 0.25) is 5.82 Å². The molecule has 0 aliphatic heterocycles. The van der Waals surface area contributed by atoms with Crippen molar-refractivity contribution in [3.05, 3.63) is 46.8 Å². The topological polar surface area (TPSA) is 77.8 Å². The Bertz CT molecular complexity index is 757. The molecule has 100 valence electrons. The van der Waals surface area contributed by atoms with E-state index in [1.807, 2.05) is 6.07 Å². The van der Waals surface area contributed by atoms with Crippen molar-refractivity contribution in [2.45, 2.75) is 0 Å². The number of halogens is 2. The van der Waals surface area contributed by atoms with Crippen LogP contribution in [0, 0.1) is 5.82 Å². The van der Waals surface area contributed by atoms with E-state index in [9.17, 15) is 4.39 Å². The fourth-order valence-corrected chi connectivity index (χ4v) is 1.85. The van der Waals surface area contributed by atoms with Crippen LogP contribution in [0.15, 0.2) is 45.5 Å². The molecule has 20 heavy (non-hydrogen) atoms. The van der Waals surface area contributed by atoms with Crippen molar-refractivity contribution in [3.63, 3.8) is 0 Å². The number of pyridine rings is 1. The number of hydrogen-bond donors (Lipinski definition) is 1. The van der Waals surface area contributed by atoms with Crippen molar-refractivity contribution in [1.82, 2.24) is 15.1 Å². The maximum atomic E-state index is 13.4. The first kappa shape index (κ1) is 12.7. The third-order valence-electron chi connectivity index (χ3n) is 2.63. The van der Waals surface area contributed by atoms with Gasteiger partial charge in [-0.2, -0.15) is 4.98 Å². The van der Waals surface area contributed by atoms with Gasteiger partial charge in [0.05, 0.1) is 5.69 Å². The average molecular weight is 335 g/mol. The van der Waals surface area contributed by atoms with Crippen LogP contribution in [0.5, 0.6) is 0 Å². The van der Waals surface area contributed by atoms with E-state index >= 15 is 0 Å². The number of benzene rings is 1. The minimum atomic E-state index is -0.524. The Hall–Kier alpha value is -2.28. The highest BCUT2D eigenvalue weighted by molar-refractivity contribution is 9.10. The summed E-state index contributed by atoms with van der Waals surface area (Å²) in [4.78, 5) is 8.35. The summed E-state index contributed by atoms with van der Waals surface area (Å²) in [6.45, 7) is 0. The van der Waals surface area contributed by atoms with Crippen LogP contribution in [0.2, 0.25) is 0 Å². The second-order valence-corrected chi connectivity index (χ2v) is 4.94. The van der Waals surface area contributed by atoms with Crippen molar-refractivity contribution in [3.8, 4) is 23.0 Å². The molecule has 0 bridgehead atoms. The molecule has 0 amide bonds. The highest BCUT2D eigenvalue weighted by Crippen LogP contribution is 2.24. The van der Waals surface area contributed by atoms with E-state index in [-0.39, 0.29) is 11.6 Å². The van der Waals surface area contributed by atoms with E-state index in [0.717, 1.165) is 4.47 Å². The number of hydrogen-bond acceptors (Lipinski definition) is 5. The summed E-state index contributed by atoms with van der Waals surface area (Å²) < 4.78 is 19.4. The van der Waals surface area contributed by atoms with Gasteiger partial charge in [0.25, 0.3) is 5.89 Å². The summed E-state index contributed by atoms with van der Waals surface area (Å²) in [5.74, 6) is 0.0253. The van der Waals surface area contributed by atoms with Crippen molar-refractivity contribution in [2.24, 2.45) is 0 Å². The Balaban J connectivity index is 1.97. The minimum absolute atomic E-state index is 0.0723. The largest absolute Gasteiger partial charge is 0.396 e. The van der Waals surface area contributed by atoms with Gasteiger partial charge >= 0.3 is 0 Å². The summed E-state index contributed by atoms with van der Waals surface area (Å²) in [6, 6.07) is 7.89. The molecule has 0 saturated heterocycles. The molecule has 0 unspecified atom stereocenters. The second-order valence-electron chi connectivity index (χ2n) is 4.02. The third-order valence-corrected chi connectivity index (χ3v) is 3.10. The first-order valence-corrected chi connectivity index (χ1v) is 6.44. The zero-order chi connectivity index (χ0) is 14.1. The van der Waals surface area contributed by atoms with E-state index in [0.29, 0.717) is 17.1 Å². The summed E-state index contributed by atoms with van der Waals surface area (Å²) in [5, 5.41) is 3.83. The normalized spacial score (nSPS) is 10.7. The van der Waals surface area contributed by atoms with Gasteiger partial charge in [0, 0.05) is 16.2 Å².